The molecule has 1 aromatic carbocycles. The minimum absolute atomic E-state index is 0.0744. The van der Waals surface area contributed by atoms with Crippen LogP contribution in [-0.4, -0.2) is 22.4 Å². The molecule has 0 saturated heterocycles. The Morgan fingerprint density at radius 3 is 2.29 bits per heavy atom. The van der Waals surface area contributed by atoms with E-state index in [1.165, 1.54) is 11.1 Å². The van der Waals surface area contributed by atoms with Crippen LogP contribution in [0.15, 0.2) is 23.8 Å². The summed E-state index contributed by atoms with van der Waals surface area (Å²) in [6.45, 7) is 14.8. The molecule has 0 aromatic heterocycles. The summed E-state index contributed by atoms with van der Waals surface area (Å²) in [6.07, 6.45) is 2.66. The summed E-state index contributed by atoms with van der Waals surface area (Å²) in [6, 6.07) is 6.27. The van der Waals surface area contributed by atoms with Gasteiger partial charge in [0.15, 0.2) is 0 Å². The highest BCUT2D eigenvalue weighted by Gasteiger charge is 2.27. The first-order valence-electron chi connectivity index (χ1n) is 9.34. The van der Waals surface area contributed by atoms with E-state index in [1.54, 1.807) is 0 Å². The van der Waals surface area contributed by atoms with Gasteiger partial charge in [0, 0.05) is 0 Å². The molecule has 1 aromatic rings. The minimum atomic E-state index is -0.820. The van der Waals surface area contributed by atoms with Crippen molar-refractivity contribution in [3.63, 3.8) is 0 Å². The van der Waals surface area contributed by atoms with Crippen molar-refractivity contribution < 1.29 is 10.2 Å². The SMILES string of the molecule is CCCC(C)C(C)C(O)C(O)/C(C)=C/c1cccc(C)c1C(C)C. The Labute approximate surface area is 148 Å². The molecule has 0 aliphatic heterocycles. The number of aliphatic hydroxyl groups is 2. The molecule has 24 heavy (non-hydrogen) atoms. The van der Waals surface area contributed by atoms with Gasteiger partial charge in [-0.25, -0.2) is 0 Å². The van der Waals surface area contributed by atoms with Gasteiger partial charge in [-0.1, -0.05) is 71.7 Å². The zero-order valence-electron chi connectivity index (χ0n) is 16.5. The van der Waals surface area contributed by atoms with Gasteiger partial charge in [-0.05, 0) is 53.9 Å². The average molecular weight is 333 g/mol. The second-order valence-corrected chi connectivity index (χ2v) is 7.68. The Kier molecular flexibility index (Phi) is 8.18. The Hall–Kier alpha value is -1.12. The quantitative estimate of drug-likeness (QED) is 0.677. The maximum atomic E-state index is 10.6. The van der Waals surface area contributed by atoms with Gasteiger partial charge in [-0.15, -0.1) is 0 Å². The topological polar surface area (TPSA) is 40.5 Å². The predicted molar refractivity (Wildman–Crippen MR) is 104 cm³/mol. The second-order valence-electron chi connectivity index (χ2n) is 7.68. The normalized spacial score (nSPS) is 17.7. The zero-order valence-corrected chi connectivity index (χ0v) is 16.5. The van der Waals surface area contributed by atoms with Crippen LogP contribution in [0.1, 0.15) is 77.0 Å². The largest absolute Gasteiger partial charge is 0.390 e. The minimum Gasteiger partial charge on any atom is -0.390 e. The van der Waals surface area contributed by atoms with E-state index in [-0.39, 0.29) is 5.92 Å². The van der Waals surface area contributed by atoms with E-state index in [2.05, 4.69) is 52.8 Å². The highest BCUT2D eigenvalue weighted by molar-refractivity contribution is 5.59. The molecule has 0 bridgehead atoms. The molecular formula is C22H36O2. The number of benzene rings is 1. The molecule has 2 N–H and O–H groups in total. The van der Waals surface area contributed by atoms with Crippen LogP contribution in [-0.2, 0) is 0 Å². The van der Waals surface area contributed by atoms with Gasteiger partial charge in [0.05, 0.1) is 6.10 Å². The Balaban J connectivity index is 3.02. The molecule has 0 saturated carbocycles. The lowest BCUT2D eigenvalue weighted by Crippen LogP contribution is -2.36. The van der Waals surface area contributed by atoms with Crippen LogP contribution in [0.4, 0.5) is 0 Å². The third-order valence-corrected chi connectivity index (χ3v) is 5.29. The smallest absolute Gasteiger partial charge is 0.101 e. The Morgan fingerprint density at radius 2 is 1.75 bits per heavy atom. The zero-order chi connectivity index (χ0) is 18.4. The summed E-state index contributed by atoms with van der Waals surface area (Å²) in [4.78, 5) is 0. The van der Waals surface area contributed by atoms with Crippen LogP contribution in [0.3, 0.4) is 0 Å². The van der Waals surface area contributed by atoms with E-state index < -0.39 is 12.2 Å². The van der Waals surface area contributed by atoms with Crippen LogP contribution >= 0.6 is 0 Å². The highest BCUT2D eigenvalue weighted by Crippen LogP contribution is 2.28. The van der Waals surface area contributed by atoms with Gasteiger partial charge >= 0.3 is 0 Å². The van der Waals surface area contributed by atoms with Crippen LogP contribution in [0.2, 0.25) is 0 Å². The van der Waals surface area contributed by atoms with E-state index in [0.29, 0.717) is 11.8 Å². The van der Waals surface area contributed by atoms with Gasteiger partial charge < -0.3 is 10.2 Å². The molecule has 4 unspecified atom stereocenters. The number of aryl methyl sites for hydroxylation is 1. The standard InChI is InChI=1S/C22H36O2/c1-8-10-15(4)18(7)22(24)21(23)17(6)13-19-12-9-11-16(5)20(19)14(2)3/h9,11-15,18,21-24H,8,10H2,1-7H3/b17-13+. The van der Waals surface area contributed by atoms with E-state index >= 15 is 0 Å². The molecule has 0 fully saturated rings. The maximum absolute atomic E-state index is 10.6. The van der Waals surface area contributed by atoms with Gasteiger partial charge in [-0.3, -0.25) is 0 Å². The predicted octanol–water partition coefficient (Wildman–Crippen LogP) is 5.32. The monoisotopic (exact) mass is 332 g/mol. The summed E-state index contributed by atoms with van der Waals surface area (Å²) in [5.41, 5.74) is 4.55. The third-order valence-electron chi connectivity index (χ3n) is 5.29. The molecule has 1 rings (SSSR count). The molecule has 0 aliphatic rings. The molecule has 4 atom stereocenters. The number of aliphatic hydroxyl groups excluding tert-OH is 2. The molecule has 0 radical (unpaired) electrons. The lowest BCUT2D eigenvalue weighted by atomic mass is 9.83. The van der Waals surface area contributed by atoms with Crippen molar-refractivity contribution >= 4 is 6.08 Å². The van der Waals surface area contributed by atoms with E-state index in [9.17, 15) is 10.2 Å². The van der Waals surface area contributed by atoms with Crippen molar-refractivity contribution in [2.75, 3.05) is 0 Å². The van der Waals surface area contributed by atoms with Crippen molar-refractivity contribution in [2.24, 2.45) is 11.8 Å². The van der Waals surface area contributed by atoms with Crippen molar-refractivity contribution in [1.29, 1.82) is 0 Å². The first-order valence-corrected chi connectivity index (χ1v) is 9.34. The van der Waals surface area contributed by atoms with Gasteiger partial charge in [0.1, 0.15) is 6.10 Å². The van der Waals surface area contributed by atoms with Gasteiger partial charge in [0.2, 0.25) is 0 Å². The molecule has 136 valence electrons. The third kappa shape index (κ3) is 5.19. The van der Waals surface area contributed by atoms with E-state index in [1.807, 2.05) is 19.9 Å². The average Bonchev–Trinajstić information content (AvgIpc) is 2.52. The second kappa shape index (κ2) is 9.39. The summed E-state index contributed by atoms with van der Waals surface area (Å²) in [5, 5.41) is 21.2. The maximum Gasteiger partial charge on any atom is 0.101 e. The Morgan fingerprint density at radius 1 is 1.12 bits per heavy atom. The highest BCUT2D eigenvalue weighted by atomic mass is 16.3. The van der Waals surface area contributed by atoms with Gasteiger partial charge in [0.25, 0.3) is 0 Å². The lowest BCUT2D eigenvalue weighted by molar-refractivity contribution is -0.00904. The van der Waals surface area contributed by atoms with Crippen LogP contribution in [0, 0.1) is 18.8 Å². The number of rotatable bonds is 8. The van der Waals surface area contributed by atoms with Crippen molar-refractivity contribution in [2.45, 2.75) is 79.4 Å². The fraction of sp³-hybridized carbons (Fsp3) is 0.636. The molecule has 2 heteroatoms. The van der Waals surface area contributed by atoms with Crippen molar-refractivity contribution in [3.8, 4) is 0 Å². The molecule has 2 nitrogen and oxygen atoms in total. The molecule has 0 amide bonds. The van der Waals surface area contributed by atoms with Crippen LogP contribution < -0.4 is 0 Å². The number of hydrogen-bond donors (Lipinski definition) is 2. The molecule has 0 aliphatic carbocycles. The van der Waals surface area contributed by atoms with Crippen molar-refractivity contribution in [3.05, 3.63) is 40.5 Å². The van der Waals surface area contributed by atoms with E-state index in [4.69, 9.17) is 0 Å². The fourth-order valence-electron chi connectivity index (χ4n) is 3.56. The Bertz CT molecular complexity index is 545. The summed E-state index contributed by atoms with van der Waals surface area (Å²) < 4.78 is 0. The summed E-state index contributed by atoms with van der Waals surface area (Å²) >= 11 is 0. The van der Waals surface area contributed by atoms with Crippen LogP contribution in [0.25, 0.3) is 6.08 Å². The molecule has 0 spiro atoms. The number of hydrogen-bond acceptors (Lipinski definition) is 2. The summed E-state index contributed by atoms with van der Waals surface area (Å²) in [5.74, 6) is 0.902. The first-order chi connectivity index (χ1) is 11.2. The van der Waals surface area contributed by atoms with E-state index in [0.717, 1.165) is 24.0 Å². The van der Waals surface area contributed by atoms with Gasteiger partial charge in [-0.2, -0.15) is 0 Å². The molecule has 0 heterocycles. The fourth-order valence-corrected chi connectivity index (χ4v) is 3.56. The summed E-state index contributed by atoms with van der Waals surface area (Å²) in [7, 11) is 0. The van der Waals surface area contributed by atoms with Crippen LogP contribution in [0.5, 0.6) is 0 Å². The first kappa shape index (κ1) is 20.9. The lowest BCUT2D eigenvalue weighted by Gasteiger charge is -2.29. The van der Waals surface area contributed by atoms with Crippen molar-refractivity contribution in [1.82, 2.24) is 0 Å². The molecular weight excluding hydrogens is 296 g/mol.